The van der Waals surface area contributed by atoms with Crippen molar-refractivity contribution in [2.24, 2.45) is 0 Å². The van der Waals surface area contributed by atoms with Crippen molar-refractivity contribution < 1.29 is 47.7 Å². The number of methoxy groups -OCH3 is 3. The molecule has 0 radical (unpaired) electrons. The summed E-state index contributed by atoms with van der Waals surface area (Å²) in [5, 5.41) is 11.6. The van der Waals surface area contributed by atoms with Gasteiger partial charge < -0.3 is 45.1 Å². The molecule has 0 aromatic heterocycles. The second kappa shape index (κ2) is 21.7. The predicted octanol–water partition coefficient (Wildman–Crippen LogP) is 6.40. The number of rotatable bonds is 13. The molecule has 1 heterocycles. The van der Waals surface area contributed by atoms with E-state index in [1.54, 1.807) is 93.6 Å². The van der Waals surface area contributed by atoms with Crippen LogP contribution in [0, 0.1) is 0 Å². The normalized spacial score (nSPS) is 16.7. The summed E-state index contributed by atoms with van der Waals surface area (Å²) in [5.41, 5.74) is 3.45. The van der Waals surface area contributed by atoms with E-state index >= 15 is 0 Å². The van der Waals surface area contributed by atoms with E-state index in [1.807, 2.05) is 12.1 Å². The van der Waals surface area contributed by atoms with Gasteiger partial charge in [-0.2, -0.15) is 0 Å². The molecular weight excluding hydrogens is 842 g/mol. The maximum absolute atomic E-state index is 14.8. The lowest BCUT2D eigenvalue weighted by Crippen LogP contribution is -2.55. The third-order valence-corrected chi connectivity index (χ3v) is 10.8. The maximum atomic E-state index is 14.8. The number of halogens is 1. The minimum atomic E-state index is -1.35. The molecule has 4 N–H and O–H groups in total. The zero-order chi connectivity index (χ0) is 46.7. The minimum absolute atomic E-state index is 0.0641. The number of unbranched alkanes of at least 4 members (excludes halogenated alkanes) is 1. The zero-order valence-corrected chi connectivity index (χ0v) is 38.1. The fraction of sp³-hybridized carbons (Fsp3) is 0.375. The van der Waals surface area contributed by atoms with Crippen molar-refractivity contribution in [2.45, 2.75) is 83.1 Å². The van der Waals surface area contributed by atoms with Crippen LogP contribution in [-0.4, -0.2) is 99.2 Å². The number of hydrogen-bond donors (Lipinski definition) is 4. The lowest BCUT2D eigenvalue weighted by molar-refractivity contribution is -0.145. The minimum Gasteiger partial charge on any atom is -0.496 e. The van der Waals surface area contributed by atoms with Gasteiger partial charge in [-0.25, -0.2) is 9.59 Å². The van der Waals surface area contributed by atoms with Crippen LogP contribution in [-0.2, 0) is 35.1 Å². The van der Waals surface area contributed by atoms with E-state index in [1.165, 1.54) is 40.2 Å². The molecule has 0 saturated heterocycles. The molecular formula is C48H56ClN5O10. The summed E-state index contributed by atoms with van der Waals surface area (Å²) in [5.74, 6) is -2.32. The van der Waals surface area contributed by atoms with Crippen molar-refractivity contribution in [1.29, 1.82) is 0 Å². The number of likely N-dealkylation sites (N-methyl/N-ethyl adjacent to an activating group) is 1. The Morgan fingerprint density at radius 2 is 1.42 bits per heavy atom. The van der Waals surface area contributed by atoms with Crippen LogP contribution in [0.25, 0.3) is 22.3 Å². The van der Waals surface area contributed by atoms with Crippen molar-refractivity contribution in [3.05, 3.63) is 107 Å². The topological polar surface area (TPSA) is 191 Å². The number of benzene rings is 4. The first-order chi connectivity index (χ1) is 30.4. The summed E-state index contributed by atoms with van der Waals surface area (Å²) in [6, 6.07) is 19.7. The number of amides is 5. The summed E-state index contributed by atoms with van der Waals surface area (Å²) < 4.78 is 21.9. The van der Waals surface area contributed by atoms with Gasteiger partial charge in [-0.1, -0.05) is 48.0 Å². The van der Waals surface area contributed by atoms with Crippen LogP contribution in [0.3, 0.4) is 0 Å². The van der Waals surface area contributed by atoms with Crippen LogP contribution in [0.5, 0.6) is 11.5 Å². The Morgan fingerprint density at radius 3 is 2.03 bits per heavy atom. The molecule has 5 rings (SSSR count). The van der Waals surface area contributed by atoms with E-state index in [9.17, 15) is 28.8 Å². The van der Waals surface area contributed by atoms with Gasteiger partial charge in [0.05, 0.1) is 21.3 Å². The molecule has 5 amide bonds. The third kappa shape index (κ3) is 12.5. The summed E-state index contributed by atoms with van der Waals surface area (Å²) in [6.45, 7) is 6.98. The van der Waals surface area contributed by atoms with Crippen LogP contribution in [0.4, 0.5) is 4.79 Å². The Kier molecular flexibility index (Phi) is 16.4. The molecule has 1 aliphatic heterocycles. The van der Waals surface area contributed by atoms with Crippen molar-refractivity contribution >= 4 is 47.3 Å². The molecule has 1 aliphatic rings. The number of carbonyl (C=O) groups excluding carboxylic acids is 6. The lowest BCUT2D eigenvalue weighted by Gasteiger charge is -2.32. The van der Waals surface area contributed by atoms with Crippen molar-refractivity contribution in [3.63, 3.8) is 0 Å². The second-order valence-corrected chi connectivity index (χ2v) is 16.8. The van der Waals surface area contributed by atoms with Gasteiger partial charge in [-0.15, -0.1) is 0 Å². The fourth-order valence-corrected chi connectivity index (χ4v) is 7.41. The van der Waals surface area contributed by atoms with Crippen LogP contribution in [0.1, 0.15) is 74.5 Å². The van der Waals surface area contributed by atoms with Gasteiger partial charge >= 0.3 is 12.1 Å². The number of esters is 1. The van der Waals surface area contributed by atoms with E-state index in [0.717, 1.165) is 11.1 Å². The van der Waals surface area contributed by atoms with E-state index in [4.69, 9.17) is 30.5 Å². The molecule has 0 fully saturated rings. The van der Waals surface area contributed by atoms with Crippen LogP contribution in [0.15, 0.2) is 84.9 Å². The van der Waals surface area contributed by atoms with E-state index < -0.39 is 65.5 Å². The molecule has 0 spiro atoms. The lowest BCUT2D eigenvalue weighted by atomic mass is 9.93. The van der Waals surface area contributed by atoms with Gasteiger partial charge in [-0.05, 0) is 118 Å². The second-order valence-electron chi connectivity index (χ2n) is 16.4. The van der Waals surface area contributed by atoms with Crippen molar-refractivity contribution in [1.82, 2.24) is 26.2 Å². The van der Waals surface area contributed by atoms with E-state index in [2.05, 4.69) is 21.3 Å². The highest BCUT2D eigenvalue weighted by atomic mass is 35.5. The summed E-state index contributed by atoms with van der Waals surface area (Å²) >= 11 is 6.08. The van der Waals surface area contributed by atoms with Crippen LogP contribution in [0.2, 0.25) is 5.02 Å². The molecule has 4 atom stereocenters. The quantitative estimate of drug-likeness (QED) is 0.0863. The van der Waals surface area contributed by atoms with Crippen LogP contribution < -0.4 is 30.7 Å². The molecule has 4 bridgehead atoms. The number of carbonyl (C=O) groups is 6. The molecule has 0 saturated carbocycles. The Hall–Kier alpha value is -6.61. The maximum Gasteiger partial charge on any atom is 0.407 e. The molecule has 0 aliphatic carbocycles. The molecule has 4 aromatic rings. The smallest absolute Gasteiger partial charge is 0.407 e. The fourth-order valence-electron chi connectivity index (χ4n) is 7.28. The predicted molar refractivity (Wildman–Crippen MR) is 242 cm³/mol. The third-order valence-electron chi connectivity index (χ3n) is 10.6. The molecule has 4 unspecified atom stereocenters. The molecule has 4 aromatic carbocycles. The Morgan fingerprint density at radius 1 is 0.812 bits per heavy atom. The van der Waals surface area contributed by atoms with Crippen molar-refractivity contribution in [2.75, 3.05) is 34.9 Å². The monoisotopic (exact) mass is 897 g/mol. The van der Waals surface area contributed by atoms with Gasteiger partial charge in [-0.3, -0.25) is 19.2 Å². The molecule has 340 valence electrons. The molecule has 15 nitrogen and oxygen atoms in total. The number of nitrogens with zero attached hydrogens (tertiary/aromatic N) is 1. The Labute approximate surface area is 378 Å². The van der Waals surface area contributed by atoms with Crippen LogP contribution >= 0.6 is 11.6 Å². The van der Waals surface area contributed by atoms with Gasteiger partial charge in [0.2, 0.25) is 17.7 Å². The molecule has 16 heteroatoms. The highest BCUT2D eigenvalue weighted by molar-refractivity contribution is 6.30. The average molecular weight is 898 g/mol. The average Bonchev–Trinajstić information content (AvgIpc) is 3.26. The number of fused-ring (bicyclic) bond motifs is 5. The van der Waals surface area contributed by atoms with Crippen molar-refractivity contribution in [3.8, 4) is 33.8 Å². The first kappa shape index (κ1) is 48.4. The van der Waals surface area contributed by atoms with Gasteiger partial charge in [0, 0.05) is 41.7 Å². The largest absolute Gasteiger partial charge is 0.496 e. The highest BCUT2D eigenvalue weighted by Crippen LogP contribution is 2.40. The van der Waals surface area contributed by atoms with Gasteiger partial charge in [0.25, 0.3) is 5.91 Å². The Bertz CT molecular complexity index is 2330. The summed E-state index contributed by atoms with van der Waals surface area (Å²) in [6.07, 6.45) is 0.433. The molecule has 64 heavy (non-hydrogen) atoms. The highest BCUT2D eigenvalue weighted by Gasteiger charge is 2.36. The summed E-state index contributed by atoms with van der Waals surface area (Å²) in [4.78, 5) is 83.4. The van der Waals surface area contributed by atoms with E-state index in [-0.39, 0.29) is 19.4 Å². The number of ether oxygens (including phenoxy) is 4. The number of hydrogen-bond acceptors (Lipinski definition) is 10. The Balaban J connectivity index is 1.51. The van der Waals surface area contributed by atoms with Gasteiger partial charge in [0.1, 0.15) is 41.3 Å². The zero-order valence-electron chi connectivity index (χ0n) is 37.3. The number of nitrogens with one attached hydrogen (secondary N) is 4. The first-order valence-electron chi connectivity index (χ1n) is 20.9. The number of alkyl carbamates (subject to hydrolysis) is 1. The van der Waals surface area contributed by atoms with Gasteiger partial charge in [0.15, 0.2) is 0 Å². The van der Waals surface area contributed by atoms with E-state index in [0.29, 0.717) is 57.2 Å². The standard InChI is InChI=1S/C48H56ClN5O10/c1-28-42(55)53-38(46(59)63-8)26-29-12-22-39(61-6)35(25-29)36-27-33(19-23-40(36)62-7)41(44(57)51-28)54(5)45(58)37(11-9-10-24-50-47(60)64-48(2,3)4)52-43(56)32-15-13-30(14-16-32)31-17-20-34(49)21-18-31/h12-23,25,27-28,37-38,41H,9-11,24,26H2,1-8H3,(H,50,60)(H,51,57)(H,52,56)(H,53,55). The SMILES string of the molecule is COC(=O)C1Cc2ccc(OC)c(c2)-c2cc(ccc2OC)C(N(C)C(=O)C(CCCCNC(=O)OC(C)(C)C)NC(=O)c2ccc(-c3ccc(Cl)cc3)cc2)C(=O)NC(C)C(=O)N1. The first-order valence-corrected chi connectivity index (χ1v) is 21.2. The summed E-state index contributed by atoms with van der Waals surface area (Å²) in [7, 11) is 5.67.